The average Bonchev–Trinajstić information content (AvgIpc) is 3.73. The predicted octanol–water partition coefficient (Wildman–Crippen LogP) is 4.97. The number of fused-ring (bicyclic) bond motifs is 4. The molecule has 0 saturated heterocycles. The summed E-state index contributed by atoms with van der Waals surface area (Å²) < 4.78 is 13.8. The topological polar surface area (TPSA) is 179 Å². The number of hydrogen-bond donors (Lipinski definition) is 6. The Morgan fingerprint density at radius 1 is 0.735 bits per heavy atom. The Kier molecular flexibility index (Phi) is 9.63. The standard InChI is InChI=1S/C18H19N5O.C16H13FN4O.C2H7N/c1-3-19-17-10(2)21-14-6-4-5-11(16(14)23-17)15-9-12-13(22-15)7-8-20-18(12)24;1-8-15(17)21-14-9(3-2-4-12(14)19-8)13-7-10-11(20-13)5-6-18-16(10)22;1-2-3/h4-6,9,22H,3,7-8H2,1-2H3,(H,19,23)(H,20,24);2-4,7,20H,5-6H2,1H3,(H,18,22);2-3H2,1H3. The molecule has 2 amide bonds. The van der Waals surface area contributed by atoms with E-state index in [1.54, 1.807) is 19.1 Å². The summed E-state index contributed by atoms with van der Waals surface area (Å²) >= 11 is 0. The minimum Gasteiger partial charge on any atom is -0.369 e. The molecule has 0 spiro atoms. The molecule has 12 nitrogen and oxygen atoms in total. The van der Waals surface area contributed by atoms with Gasteiger partial charge in [0.1, 0.15) is 16.9 Å². The Morgan fingerprint density at radius 3 is 1.71 bits per heavy atom. The fourth-order valence-corrected chi connectivity index (χ4v) is 5.96. The van der Waals surface area contributed by atoms with E-state index in [2.05, 4.69) is 40.9 Å². The molecule has 2 aliphatic heterocycles. The van der Waals surface area contributed by atoms with E-state index in [1.807, 2.05) is 57.2 Å². The summed E-state index contributed by atoms with van der Waals surface area (Å²) in [4.78, 5) is 48.2. The van der Waals surface area contributed by atoms with Crippen molar-refractivity contribution in [3.05, 3.63) is 88.4 Å². The first-order valence-electron chi connectivity index (χ1n) is 16.4. The van der Waals surface area contributed by atoms with Crippen LogP contribution in [0, 0.1) is 19.8 Å². The third-order valence-corrected chi connectivity index (χ3v) is 8.21. The van der Waals surface area contributed by atoms with Crippen LogP contribution in [0.15, 0.2) is 48.5 Å². The lowest BCUT2D eigenvalue weighted by Gasteiger charge is -2.11. The minimum absolute atomic E-state index is 0.0192. The van der Waals surface area contributed by atoms with Crippen LogP contribution in [0.4, 0.5) is 10.2 Å². The van der Waals surface area contributed by atoms with Crippen LogP contribution in [-0.2, 0) is 12.8 Å². The molecule has 0 fully saturated rings. The number of nitrogens with zero attached hydrogens (tertiary/aromatic N) is 4. The molecule has 0 atom stereocenters. The second-order valence-electron chi connectivity index (χ2n) is 11.7. The predicted molar refractivity (Wildman–Crippen MR) is 189 cm³/mol. The van der Waals surface area contributed by atoms with Gasteiger partial charge >= 0.3 is 0 Å². The quantitative estimate of drug-likeness (QED) is 0.153. The first kappa shape index (κ1) is 33.2. The zero-order valence-electron chi connectivity index (χ0n) is 27.9. The van der Waals surface area contributed by atoms with Gasteiger partial charge in [-0.1, -0.05) is 31.2 Å². The number of para-hydroxylation sites is 2. The number of halogens is 1. The number of amides is 2. The Morgan fingerprint density at radius 2 is 1.22 bits per heavy atom. The molecular weight excluding hydrogens is 623 g/mol. The molecule has 8 rings (SSSR count). The fraction of sp³-hybridized carbons (Fsp3) is 0.278. The Balaban J connectivity index is 0.000000158. The third kappa shape index (κ3) is 6.70. The van der Waals surface area contributed by atoms with Gasteiger partial charge in [0.25, 0.3) is 11.8 Å². The van der Waals surface area contributed by atoms with Gasteiger partial charge in [-0.2, -0.15) is 4.39 Å². The number of rotatable bonds is 4. The summed E-state index contributed by atoms with van der Waals surface area (Å²) in [5.74, 6) is 0.117. The van der Waals surface area contributed by atoms with Crippen LogP contribution in [0.5, 0.6) is 0 Å². The lowest BCUT2D eigenvalue weighted by Crippen LogP contribution is -2.31. The van der Waals surface area contributed by atoms with Gasteiger partial charge in [0.05, 0.1) is 33.5 Å². The zero-order valence-corrected chi connectivity index (χ0v) is 27.9. The molecule has 0 aliphatic carbocycles. The van der Waals surface area contributed by atoms with Gasteiger partial charge in [-0.05, 0) is 51.6 Å². The highest BCUT2D eigenvalue weighted by Gasteiger charge is 2.22. The number of hydrogen-bond acceptors (Lipinski definition) is 8. The molecule has 0 saturated carbocycles. The summed E-state index contributed by atoms with van der Waals surface area (Å²) in [7, 11) is 0. The highest BCUT2D eigenvalue weighted by molar-refractivity contribution is 6.00. The maximum absolute atomic E-state index is 13.8. The molecule has 2 aromatic carbocycles. The van der Waals surface area contributed by atoms with Crippen molar-refractivity contribution in [1.82, 2.24) is 40.5 Å². The summed E-state index contributed by atoms with van der Waals surface area (Å²) in [6, 6.07) is 15.1. The molecule has 13 heteroatoms. The van der Waals surface area contributed by atoms with E-state index in [-0.39, 0.29) is 17.5 Å². The molecule has 49 heavy (non-hydrogen) atoms. The molecule has 2 aliphatic rings. The first-order valence-corrected chi connectivity index (χ1v) is 16.4. The molecule has 4 aromatic heterocycles. The Labute approximate surface area is 282 Å². The van der Waals surface area contributed by atoms with Crippen molar-refractivity contribution in [2.45, 2.75) is 40.5 Å². The van der Waals surface area contributed by atoms with Crippen LogP contribution >= 0.6 is 0 Å². The highest BCUT2D eigenvalue weighted by Crippen LogP contribution is 2.31. The average molecular weight is 663 g/mol. The van der Waals surface area contributed by atoms with E-state index in [4.69, 9.17) is 10.7 Å². The molecule has 6 aromatic rings. The van der Waals surface area contributed by atoms with E-state index in [0.29, 0.717) is 29.7 Å². The second-order valence-corrected chi connectivity index (χ2v) is 11.7. The SMILES string of the molecule is CCN.CCNc1nc2c(-c3cc4c([nH]3)CCNC4=O)cccc2nc1C.Cc1nc2cccc(-c3cc4c([nH]3)CCNC4=O)c2nc1F. The maximum Gasteiger partial charge on any atom is 0.253 e. The number of anilines is 1. The second kappa shape index (κ2) is 14.2. The number of benzene rings is 2. The highest BCUT2D eigenvalue weighted by atomic mass is 19.1. The summed E-state index contributed by atoms with van der Waals surface area (Å²) in [6.45, 7) is 10.3. The van der Waals surface area contributed by atoms with Crippen LogP contribution in [0.3, 0.4) is 0 Å². The monoisotopic (exact) mass is 662 g/mol. The Bertz CT molecular complexity index is 2190. The van der Waals surface area contributed by atoms with E-state index in [1.165, 1.54) is 0 Å². The normalized spacial score (nSPS) is 13.3. The summed E-state index contributed by atoms with van der Waals surface area (Å²) in [5.41, 5.74) is 15.4. The van der Waals surface area contributed by atoms with Gasteiger partial charge in [-0.3, -0.25) is 9.59 Å². The lowest BCUT2D eigenvalue weighted by molar-refractivity contribution is 0.0937. The number of H-pyrrole nitrogens is 2. The van der Waals surface area contributed by atoms with Crippen molar-refractivity contribution in [2.75, 3.05) is 31.5 Å². The number of nitrogens with one attached hydrogen (secondary N) is 5. The minimum atomic E-state index is -0.575. The number of carbonyl (C=O) groups excluding carboxylic acids is 2. The van der Waals surface area contributed by atoms with Gasteiger partial charge in [0.15, 0.2) is 0 Å². The number of carbonyl (C=O) groups is 2. The van der Waals surface area contributed by atoms with E-state index < -0.39 is 5.95 Å². The van der Waals surface area contributed by atoms with Crippen LogP contribution in [0.25, 0.3) is 44.6 Å². The van der Waals surface area contributed by atoms with Crippen LogP contribution in [0.1, 0.15) is 57.3 Å². The number of nitrogens with two attached hydrogens (primary N) is 1. The number of aromatic amines is 2. The van der Waals surface area contributed by atoms with Crippen molar-refractivity contribution >= 4 is 39.7 Å². The van der Waals surface area contributed by atoms with Gasteiger partial charge in [0.2, 0.25) is 5.95 Å². The van der Waals surface area contributed by atoms with Gasteiger partial charge in [-0.15, -0.1) is 0 Å². The van der Waals surface area contributed by atoms with E-state index in [9.17, 15) is 14.0 Å². The zero-order chi connectivity index (χ0) is 34.7. The lowest BCUT2D eigenvalue weighted by atomic mass is 10.1. The molecule has 0 radical (unpaired) electrons. The van der Waals surface area contributed by atoms with Crippen LogP contribution in [0.2, 0.25) is 0 Å². The molecule has 7 N–H and O–H groups in total. The third-order valence-electron chi connectivity index (χ3n) is 8.21. The van der Waals surface area contributed by atoms with Crippen molar-refractivity contribution in [1.29, 1.82) is 0 Å². The maximum atomic E-state index is 13.8. The van der Waals surface area contributed by atoms with Crippen molar-refractivity contribution in [3.63, 3.8) is 0 Å². The van der Waals surface area contributed by atoms with E-state index in [0.717, 1.165) is 87.9 Å². The van der Waals surface area contributed by atoms with Crippen molar-refractivity contribution < 1.29 is 14.0 Å². The first-order chi connectivity index (χ1) is 23.7. The molecule has 6 heterocycles. The smallest absolute Gasteiger partial charge is 0.253 e. The molecule has 0 unspecified atom stereocenters. The molecule has 0 bridgehead atoms. The van der Waals surface area contributed by atoms with Crippen molar-refractivity contribution in [2.24, 2.45) is 5.73 Å². The van der Waals surface area contributed by atoms with Gasteiger partial charge < -0.3 is 31.7 Å². The Hall–Kier alpha value is -5.69. The fourth-order valence-electron chi connectivity index (χ4n) is 5.96. The van der Waals surface area contributed by atoms with Crippen LogP contribution in [-0.4, -0.2) is 67.9 Å². The molecular formula is C36H39FN10O2. The number of aryl methyl sites for hydroxylation is 2. The van der Waals surface area contributed by atoms with Crippen molar-refractivity contribution in [3.8, 4) is 22.5 Å². The number of aromatic nitrogens is 6. The summed E-state index contributed by atoms with van der Waals surface area (Å²) in [5, 5.41) is 8.94. The van der Waals surface area contributed by atoms with Gasteiger partial charge in [0, 0.05) is 66.4 Å². The van der Waals surface area contributed by atoms with Gasteiger partial charge in [-0.25, -0.2) is 19.9 Å². The molecule has 252 valence electrons. The largest absolute Gasteiger partial charge is 0.369 e. The summed E-state index contributed by atoms with van der Waals surface area (Å²) in [6.07, 6.45) is 1.57. The van der Waals surface area contributed by atoms with E-state index >= 15 is 0 Å². The van der Waals surface area contributed by atoms with Crippen LogP contribution < -0.4 is 21.7 Å².